The number of aromatic nitrogens is 2. The second kappa shape index (κ2) is 19.5. The average Bonchev–Trinajstić information content (AvgIpc) is 3.58. The number of hydrogen-bond donors (Lipinski definition) is 2. The van der Waals surface area contributed by atoms with Gasteiger partial charge in [0.25, 0.3) is 0 Å². The van der Waals surface area contributed by atoms with Crippen LogP contribution in [0.2, 0.25) is 0 Å². The summed E-state index contributed by atoms with van der Waals surface area (Å²) in [7, 11) is 3.63. The molecule has 1 aromatic carbocycles. The molecule has 2 fully saturated rings. The molecule has 35 heavy (non-hydrogen) atoms. The molecule has 0 spiro atoms. The Balaban J connectivity index is 0.000000496. The van der Waals surface area contributed by atoms with Crippen molar-refractivity contribution in [3.8, 4) is 18.5 Å². The van der Waals surface area contributed by atoms with Gasteiger partial charge in [-0.05, 0) is 50.9 Å². The number of hydrogen-bond acceptors (Lipinski definition) is 6. The summed E-state index contributed by atoms with van der Waals surface area (Å²) < 4.78 is 6.85. The molecule has 3 N–H and O–H groups in total. The van der Waals surface area contributed by atoms with E-state index in [1.807, 2.05) is 54.0 Å². The fourth-order valence-corrected chi connectivity index (χ4v) is 2.93. The number of benzene rings is 1. The molecule has 2 aliphatic rings. The van der Waals surface area contributed by atoms with E-state index in [9.17, 15) is 0 Å². The highest BCUT2D eigenvalue weighted by molar-refractivity contribution is 5.52. The predicted molar refractivity (Wildman–Crippen MR) is 149 cm³/mol. The van der Waals surface area contributed by atoms with E-state index >= 15 is 0 Å². The van der Waals surface area contributed by atoms with E-state index in [2.05, 4.69) is 51.0 Å². The van der Waals surface area contributed by atoms with Crippen LogP contribution < -0.4 is 11.1 Å². The van der Waals surface area contributed by atoms with Crippen molar-refractivity contribution in [2.45, 2.75) is 53.9 Å². The monoisotopic (exact) mass is 485 g/mol. The third-order valence-electron chi connectivity index (χ3n) is 4.97. The molecule has 0 unspecified atom stereocenters. The number of aryl methyl sites for hydroxylation is 1. The van der Waals surface area contributed by atoms with Crippen LogP contribution in [0.5, 0.6) is 0 Å². The number of nitrogens with one attached hydrogen (secondary N) is 1. The second-order valence-corrected chi connectivity index (χ2v) is 8.37. The quantitative estimate of drug-likeness (QED) is 0.557. The maximum atomic E-state index is 5.32. The van der Waals surface area contributed by atoms with Crippen LogP contribution in [-0.2, 0) is 9.57 Å². The molecule has 4 rings (SSSR count). The zero-order valence-electron chi connectivity index (χ0n) is 22.9. The summed E-state index contributed by atoms with van der Waals surface area (Å²) in [5.41, 5.74) is 9.81. The molecule has 1 atom stereocenters. The first-order chi connectivity index (χ1) is 16.9. The molecule has 1 aliphatic heterocycles. The Morgan fingerprint density at radius 1 is 1.20 bits per heavy atom. The Morgan fingerprint density at radius 3 is 2.20 bits per heavy atom. The Morgan fingerprint density at radius 2 is 1.80 bits per heavy atom. The second-order valence-electron chi connectivity index (χ2n) is 8.37. The minimum atomic E-state index is 0.678. The summed E-state index contributed by atoms with van der Waals surface area (Å²) in [6, 6.07) is 10.1. The van der Waals surface area contributed by atoms with Crippen LogP contribution >= 0.6 is 0 Å². The number of ether oxygens (including phenoxy) is 1. The minimum Gasteiger partial charge on any atom is -0.405 e. The summed E-state index contributed by atoms with van der Waals surface area (Å²) in [5.74, 6) is 1.73. The molecule has 0 bridgehead atoms. The Labute approximate surface area is 213 Å². The highest BCUT2D eigenvalue weighted by Gasteiger charge is 2.18. The Hall–Kier alpha value is -2.79. The minimum absolute atomic E-state index is 0.678. The van der Waals surface area contributed by atoms with E-state index in [0.717, 1.165) is 43.5 Å². The molecule has 0 radical (unpaired) electrons. The van der Waals surface area contributed by atoms with Gasteiger partial charge in [-0.15, -0.1) is 12.8 Å². The number of nitrogens with two attached hydrogens (primary N) is 1. The molecular weight excluding hydrogens is 438 g/mol. The van der Waals surface area contributed by atoms with Gasteiger partial charge in [-0.2, -0.15) is 10.2 Å². The van der Waals surface area contributed by atoms with Gasteiger partial charge in [0.2, 0.25) is 0 Å². The SMILES string of the molecule is C#C.CCC.CNc1c(C)c(C)nn1-c1ccccc1.COCCN1C[C@@H](C)CO1.NC=C1CC1. The van der Waals surface area contributed by atoms with E-state index in [1.165, 1.54) is 30.4 Å². The van der Waals surface area contributed by atoms with Crippen LogP contribution in [0.25, 0.3) is 5.69 Å². The van der Waals surface area contributed by atoms with Crippen LogP contribution in [0.1, 0.15) is 51.3 Å². The van der Waals surface area contributed by atoms with Gasteiger partial charge in [0, 0.05) is 32.8 Å². The van der Waals surface area contributed by atoms with Crippen LogP contribution in [0.4, 0.5) is 5.82 Å². The third kappa shape index (κ3) is 13.0. The molecule has 7 nitrogen and oxygen atoms in total. The number of hydroxylamine groups is 2. The number of allylic oxidation sites excluding steroid dienone is 1. The molecule has 7 heteroatoms. The van der Waals surface area contributed by atoms with Gasteiger partial charge in [0.1, 0.15) is 5.82 Å². The van der Waals surface area contributed by atoms with Crippen molar-refractivity contribution in [1.29, 1.82) is 0 Å². The lowest BCUT2D eigenvalue weighted by molar-refractivity contribution is -0.118. The highest BCUT2D eigenvalue weighted by Crippen LogP contribution is 2.25. The first kappa shape index (κ1) is 32.2. The van der Waals surface area contributed by atoms with E-state index in [1.54, 1.807) is 13.3 Å². The predicted octanol–water partition coefficient (Wildman–Crippen LogP) is 5.34. The average molecular weight is 486 g/mol. The van der Waals surface area contributed by atoms with E-state index in [0.29, 0.717) is 5.92 Å². The van der Waals surface area contributed by atoms with Crippen molar-refractivity contribution in [2.75, 3.05) is 45.8 Å². The van der Waals surface area contributed by atoms with Crippen LogP contribution in [0.15, 0.2) is 42.1 Å². The number of methoxy groups -OCH3 is 1. The third-order valence-corrected chi connectivity index (χ3v) is 4.97. The molecule has 1 saturated heterocycles. The molecule has 1 aliphatic carbocycles. The number of nitrogens with zero attached hydrogens (tertiary/aromatic N) is 3. The summed E-state index contributed by atoms with van der Waals surface area (Å²) in [5, 5.41) is 9.66. The van der Waals surface area contributed by atoms with Gasteiger partial charge in [0.15, 0.2) is 0 Å². The molecule has 0 amide bonds. The topological polar surface area (TPSA) is 77.6 Å². The highest BCUT2D eigenvalue weighted by atomic mass is 16.7. The first-order valence-corrected chi connectivity index (χ1v) is 12.3. The van der Waals surface area contributed by atoms with Gasteiger partial charge in [-0.25, -0.2) is 4.68 Å². The standard InChI is InChI=1S/C12H15N3.C7H15NO2.C4H7N.C3H8.C2H2/c1-9-10(2)14-15(12(9)13-3)11-7-5-4-6-8-11;1-7-5-8(10-6-7)3-4-9-2;5-3-4-1-2-4;1-3-2;1-2/h4-8,13H,1-3H3;7H,3-6H2,1-2H3;3H,1-2,5H2;3H2,1-2H3;1-2H/t;7-;;;/m.1.../s1. The Kier molecular flexibility index (Phi) is 18.0. The van der Waals surface area contributed by atoms with Gasteiger partial charge < -0.3 is 15.8 Å². The fourth-order valence-electron chi connectivity index (χ4n) is 2.93. The fraction of sp³-hybridized carbons (Fsp3) is 0.536. The zero-order valence-corrected chi connectivity index (χ0v) is 22.9. The summed E-state index contributed by atoms with van der Waals surface area (Å²) >= 11 is 0. The van der Waals surface area contributed by atoms with Crippen molar-refractivity contribution in [3.05, 3.63) is 53.4 Å². The van der Waals surface area contributed by atoms with Gasteiger partial charge >= 0.3 is 0 Å². The largest absolute Gasteiger partial charge is 0.405 e. The van der Waals surface area contributed by atoms with Gasteiger partial charge in [0.05, 0.1) is 24.6 Å². The van der Waals surface area contributed by atoms with Gasteiger partial charge in [-0.3, -0.25) is 4.84 Å². The van der Waals surface area contributed by atoms with Crippen molar-refractivity contribution in [2.24, 2.45) is 11.7 Å². The number of anilines is 1. The molecule has 1 aromatic heterocycles. The van der Waals surface area contributed by atoms with Crippen LogP contribution in [-0.4, -0.2) is 55.3 Å². The lowest BCUT2D eigenvalue weighted by Crippen LogP contribution is -2.23. The lowest BCUT2D eigenvalue weighted by atomic mass is 10.2. The zero-order chi connectivity index (χ0) is 26.6. The molecule has 2 heterocycles. The summed E-state index contributed by atoms with van der Waals surface area (Å²) in [4.78, 5) is 5.32. The summed E-state index contributed by atoms with van der Waals surface area (Å²) in [6.07, 6.45) is 13.4. The number of para-hydroxylation sites is 1. The molecule has 2 aromatic rings. The molecule has 196 valence electrons. The van der Waals surface area contributed by atoms with Crippen molar-refractivity contribution in [3.63, 3.8) is 0 Å². The van der Waals surface area contributed by atoms with Crippen molar-refractivity contribution >= 4 is 5.82 Å². The lowest BCUT2D eigenvalue weighted by Gasteiger charge is -2.11. The van der Waals surface area contributed by atoms with Crippen molar-refractivity contribution < 1.29 is 9.57 Å². The maximum absolute atomic E-state index is 5.32. The van der Waals surface area contributed by atoms with Crippen molar-refractivity contribution in [1.82, 2.24) is 14.8 Å². The van der Waals surface area contributed by atoms with E-state index in [4.69, 9.17) is 15.3 Å². The van der Waals surface area contributed by atoms with Crippen LogP contribution in [0.3, 0.4) is 0 Å². The normalized spacial score (nSPS) is 15.6. The number of terminal acetylenes is 1. The smallest absolute Gasteiger partial charge is 0.132 e. The van der Waals surface area contributed by atoms with Crippen LogP contribution in [0, 0.1) is 32.6 Å². The van der Waals surface area contributed by atoms with E-state index in [-0.39, 0.29) is 0 Å². The maximum Gasteiger partial charge on any atom is 0.132 e. The summed E-state index contributed by atoms with van der Waals surface area (Å²) in [6.45, 7) is 14.1. The van der Waals surface area contributed by atoms with E-state index < -0.39 is 0 Å². The Bertz CT molecular complexity index is 840. The molecular formula is C28H47N5O2. The molecule has 1 saturated carbocycles. The first-order valence-electron chi connectivity index (χ1n) is 12.3. The number of rotatable bonds is 5. The van der Waals surface area contributed by atoms with Gasteiger partial charge in [-0.1, -0.05) is 51.0 Å².